The molecule has 1 unspecified atom stereocenters. The van der Waals surface area contributed by atoms with Gasteiger partial charge in [-0.25, -0.2) is 0 Å². The van der Waals surface area contributed by atoms with E-state index in [2.05, 4.69) is 42.3 Å². The molecule has 1 aromatic rings. The molecule has 0 radical (unpaired) electrons. The standard InChI is InChI=1S/C20H32N2OS/c1-16(2)15-18-7-4-5-8-19(18)17(3)20(23)21-9-6-10-22-11-13-24-14-12-22/h4-5,7-8,16-17H,6,9-15H2,1-3H3,(H,21,23). The van der Waals surface area contributed by atoms with Crippen LogP contribution in [0.5, 0.6) is 0 Å². The number of hydrogen-bond acceptors (Lipinski definition) is 3. The van der Waals surface area contributed by atoms with Gasteiger partial charge in [0, 0.05) is 31.1 Å². The summed E-state index contributed by atoms with van der Waals surface area (Å²) in [5.41, 5.74) is 2.48. The summed E-state index contributed by atoms with van der Waals surface area (Å²) in [5, 5.41) is 3.13. The summed E-state index contributed by atoms with van der Waals surface area (Å²) in [6, 6.07) is 8.38. The molecule has 134 valence electrons. The maximum atomic E-state index is 12.5. The lowest BCUT2D eigenvalue weighted by atomic mass is 9.90. The summed E-state index contributed by atoms with van der Waals surface area (Å²) in [6.45, 7) is 10.7. The summed E-state index contributed by atoms with van der Waals surface area (Å²) in [6.07, 6.45) is 2.07. The SMILES string of the molecule is CC(C)Cc1ccccc1C(C)C(=O)NCCCN1CCSCC1. The lowest BCUT2D eigenvalue weighted by Crippen LogP contribution is -2.36. The van der Waals surface area contributed by atoms with Gasteiger partial charge >= 0.3 is 0 Å². The van der Waals surface area contributed by atoms with Crippen molar-refractivity contribution in [2.75, 3.05) is 37.7 Å². The summed E-state index contributed by atoms with van der Waals surface area (Å²) in [7, 11) is 0. The second-order valence-corrected chi connectivity index (χ2v) is 8.34. The first kappa shape index (κ1) is 19.3. The maximum absolute atomic E-state index is 12.5. The van der Waals surface area contributed by atoms with Crippen LogP contribution in [0.1, 0.15) is 44.2 Å². The predicted octanol–water partition coefficient (Wildman–Crippen LogP) is 3.54. The Hall–Kier alpha value is -1.00. The topological polar surface area (TPSA) is 32.3 Å². The van der Waals surface area contributed by atoms with Gasteiger partial charge in [0.1, 0.15) is 0 Å². The van der Waals surface area contributed by atoms with Gasteiger partial charge < -0.3 is 10.2 Å². The minimum atomic E-state index is -0.0775. The van der Waals surface area contributed by atoms with E-state index in [0.717, 1.165) is 25.9 Å². The van der Waals surface area contributed by atoms with Gasteiger partial charge in [0.25, 0.3) is 0 Å². The normalized spacial score (nSPS) is 17.0. The smallest absolute Gasteiger partial charge is 0.227 e. The van der Waals surface area contributed by atoms with Gasteiger partial charge in [-0.2, -0.15) is 11.8 Å². The molecule has 0 aliphatic carbocycles. The molecule has 24 heavy (non-hydrogen) atoms. The Morgan fingerprint density at radius 3 is 2.62 bits per heavy atom. The molecule has 3 nitrogen and oxygen atoms in total. The highest BCUT2D eigenvalue weighted by molar-refractivity contribution is 7.99. The van der Waals surface area contributed by atoms with Gasteiger partial charge in [-0.05, 0) is 43.4 Å². The average molecular weight is 349 g/mol. The molecule has 1 N–H and O–H groups in total. The van der Waals surface area contributed by atoms with E-state index in [1.165, 1.54) is 35.7 Å². The summed E-state index contributed by atoms with van der Waals surface area (Å²) < 4.78 is 0. The van der Waals surface area contributed by atoms with E-state index >= 15 is 0 Å². The molecule has 0 spiro atoms. The van der Waals surface area contributed by atoms with Crippen LogP contribution in [-0.2, 0) is 11.2 Å². The van der Waals surface area contributed by atoms with Crippen LogP contribution in [0, 0.1) is 5.92 Å². The van der Waals surface area contributed by atoms with Gasteiger partial charge in [0.05, 0.1) is 5.92 Å². The number of benzene rings is 1. The molecule has 0 aromatic heterocycles. The van der Waals surface area contributed by atoms with E-state index in [1.54, 1.807) is 0 Å². The zero-order chi connectivity index (χ0) is 17.4. The first-order valence-corrected chi connectivity index (χ1v) is 10.4. The molecule has 1 aromatic carbocycles. The van der Waals surface area contributed by atoms with Crippen molar-refractivity contribution in [3.63, 3.8) is 0 Å². The number of rotatable bonds is 8. The Bertz CT molecular complexity index is 512. The molecule has 1 saturated heterocycles. The third-order valence-electron chi connectivity index (χ3n) is 4.60. The monoisotopic (exact) mass is 348 g/mol. The van der Waals surface area contributed by atoms with Crippen molar-refractivity contribution in [3.8, 4) is 0 Å². The van der Waals surface area contributed by atoms with Crippen LogP contribution >= 0.6 is 11.8 Å². The predicted molar refractivity (Wildman–Crippen MR) is 105 cm³/mol. The molecule has 0 saturated carbocycles. The van der Waals surface area contributed by atoms with Crippen LogP contribution < -0.4 is 5.32 Å². The highest BCUT2D eigenvalue weighted by Gasteiger charge is 2.18. The molecule has 1 heterocycles. The third-order valence-corrected chi connectivity index (χ3v) is 5.54. The fourth-order valence-corrected chi connectivity index (χ4v) is 4.19. The Morgan fingerprint density at radius 1 is 1.21 bits per heavy atom. The van der Waals surface area contributed by atoms with Crippen LogP contribution in [-0.4, -0.2) is 48.5 Å². The van der Waals surface area contributed by atoms with Crippen LogP contribution in [0.2, 0.25) is 0 Å². The van der Waals surface area contributed by atoms with Crippen LogP contribution in [0.25, 0.3) is 0 Å². The first-order valence-electron chi connectivity index (χ1n) is 9.23. The largest absolute Gasteiger partial charge is 0.356 e. The zero-order valence-corrected chi connectivity index (χ0v) is 16.2. The fourth-order valence-electron chi connectivity index (χ4n) is 3.22. The van der Waals surface area contributed by atoms with Crippen molar-refractivity contribution in [2.45, 2.75) is 39.5 Å². The van der Waals surface area contributed by atoms with Gasteiger partial charge in [-0.15, -0.1) is 0 Å². The molecular weight excluding hydrogens is 316 g/mol. The lowest BCUT2D eigenvalue weighted by molar-refractivity contribution is -0.122. The molecule has 0 bridgehead atoms. The second-order valence-electron chi connectivity index (χ2n) is 7.12. The molecular formula is C20H32N2OS. The van der Waals surface area contributed by atoms with Gasteiger partial charge in [-0.3, -0.25) is 4.79 Å². The summed E-state index contributed by atoms with van der Waals surface area (Å²) in [5.74, 6) is 3.17. The van der Waals surface area contributed by atoms with Crippen molar-refractivity contribution in [1.82, 2.24) is 10.2 Å². The lowest BCUT2D eigenvalue weighted by Gasteiger charge is -2.26. The maximum Gasteiger partial charge on any atom is 0.227 e. The molecule has 1 fully saturated rings. The highest BCUT2D eigenvalue weighted by atomic mass is 32.2. The number of amides is 1. The minimum absolute atomic E-state index is 0.0775. The van der Waals surface area contributed by atoms with Crippen LogP contribution in [0.3, 0.4) is 0 Å². The Balaban J connectivity index is 1.79. The molecule has 1 atom stereocenters. The number of carbonyl (C=O) groups is 1. The molecule has 1 aliphatic rings. The van der Waals surface area contributed by atoms with Crippen molar-refractivity contribution in [2.24, 2.45) is 5.92 Å². The van der Waals surface area contributed by atoms with Gasteiger partial charge in [0.15, 0.2) is 0 Å². The van der Waals surface area contributed by atoms with Gasteiger partial charge in [0.2, 0.25) is 5.91 Å². The molecule has 1 amide bonds. The van der Waals surface area contributed by atoms with Crippen molar-refractivity contribution < 1.29 is 4.79 Å². The zero-order valence-electron chi connectivity index (χ0n) is 15.4. The van der Waals surface area contributed by atoms with E-state index in [9.17, 15) is 4.79 Å². The van der Waals surface area contributed by atoms with E-state index < -0.39 is 0 Å². The fraction of sp³-hybridized carbons (Fsp3) is 0.650. The third kappa shape index (κ3) is 6.14. The summed E-state index contributed by atoms with van der Waals surface area (Å²) in [4.78, 5) is 15.0. The number of carbonyl (C=O) groups excluding carboxylic acids is 1. The minimum Gasteiger partial charge on any atom is -0.356 e. The number of hydrogen-bond donors (Lipinski definition) is 1. The second kappa shape index (κ2) is 10.1. The van der Waals surface area contributed by atoms with E-state index in [-0.39, 0.29) is 11.8 Å². The van der Waals surface area contributed by atoms with Crippen molar-refractivity contribution in [1.29, 1.82) is 0 Å². The van der Waals surface area contributed by atoms with E-state index in [1.807, 2.05) is 24.8 Å². The number of nitrogens with zero attached hydrogens (tertiary/aromatic N) is 1. The van der Waals surface area contributed by atoms with Crippen LogP contribution in [0.15, 0.2) is 24.3 Å². The van der Waals surface area contributed by atoms with Crippen LogP contribution in [0.4, 0.5) is 0 Å². The number of nitrogens with one attached hydrogen (secondary N) is 1. The quantitative estimate of drug-likeness (QED) is 0.729. The van der Waals surface area contributed by atoms with E-state index in [0.29, 0.717) is 5.92 Å². The Morgan fingerprint density at radius 2 is 1.92 bits per heavy atom. The van der Waals surface area contributed by atoms with Crippen molar-refractivity contribution in [3.05, 3.63) is 35.4 Å². The molecule has 1 aliphatic heterocycles. The van der Waals surface area contributed by atoms with E-state index in [4.69, 9.17) is 0 Å². The Kier molecular flexibility index (Phi) is 8.13. The van der Waals surface area contributed by atoms with Crippen molar-refractivity contribution >= 4 is 17.7 Å². The first-order chi connectivity index (χ1) is 11.6. The number of thioether (sulfide) groups is 1. The molecule has 2 rings (SSSR count). The highest BCUT2D eigenvalue weighted by Crippen LogP contribution is 2.22. The average Bonchev–Trinajstić information content (AvgIpc) is 2.59. The Labute approximate surface area is 151 Å². The molecule has 4 heteroatoms. The van der Waals surface area contributed by atoms with Gasteiger partial charge in [-0.1, -0.05) is 38.1 Å². The summed E-state index contributed by atoms with van der Waals surface area (Å²) >= 11 is 2.04.